The SMILES string of the molecule is Nc1[nH]ccc1-c1ccccc1F. The zero-order chi connectivity index (χ0) is 9.26. The minimum absolute atomic E-state index is 0.256. The molecule has 66 valence electrons. The van der Waals surface area contributed by atoms with Crippen molar-refractivity contribution in [3.05, 3.63) is 42.3 Å². The van der Waals surface area contributed by atoms with Crippen molar-refractivity contribution in [2.24, 2.45) is 0 Å². The maximum Gasteiger partial charge on any atom is 0.131 e. The first-order valence-corrected chi connectivity index (χ1v) is 3.97. The van der Waals surface area contributed by atoms with Crippen LogP contribution in [0.2, 0.25) is 0 Å². The van der Waals surface area contributed by atoms with Crippen LogP contribution in [0.4, 0.5) is 10.2 Å². The summed E-state index contributed by atoms with van der Waals surface area (Å²) in [6, 6.07) is 8.32. The first kappa shape index (κ1) is 7.86. The summed E-state index contributed by atoms with van der Waals surface area (Å²) in [5.41, 5.74) is 6.85. The fraction of sp³-hybridized carbons (Fsp3) is 0. The number of anilines is 1. The van der Waals surface area contributed by atoms with E-state index in [-0.39, 0.29) is 5.82 Å². The summed E-state index contributed by atoms with van der Waals surface area (Å²) in [6.45, 7) is 0. The van der Waals surface area contributed by atoms with Gasteiger partial charge in [-0.15, -0.1) is 0 Å². The van der Waals surface area contributed by atoms with Gasteiger partial charge in [-0.25, -0.2) is 4.39 Å². The Labute approximate surface area is 75.2 Å². The minimum atomic E-state index is -0.256. The Kier molecular flexibility index (Phi) is 1.77. The first-order chi connectivity index (χ1) is 6.29. The van der Waals surface area contributed by atoms with Crippen LogP contribution in [0.5, 0.6) is 0 Å². The molecule has 0 spiro atoms. The van der Waals surface area contributed by atoms with Crippen LogP contribution >= 0.6 is 0 Å². The predicted molar refractivity (Wildman–Crippen MR) is 50.6 cm³/mol. The highest BCUT2D eigenvalue weighted by Gasteiger charge is 2.06. The van der Waals surface area contributed by atoms with Gasteiger partial charge in [0.2, 0.25) is 0 Å². The third-order valence-corrected chi connectivity index (χ3v) is 1.94. The maximum absolute atomic E-state index is 13.3. The van der Waals surface area contributed by atoms with Gasteiger partial charge in [0.1, 0.15) is 11.6 Å². The molecule has 0 aliphatic carbocycles. The summed E-state index contributed by atoms with van der Waals surface area (Å²) < 4.78 is 13.3. The Morgan fingerprint density at radius 2 is 1.85 bits per heavy atom. The van der Waals surface area contributed by atoms with E-state index in [1.54, 1.807) is 30.5 Å². The lowest BCUT2D eigenvalue weighted by Crippen LogP contribution is -1.89. The van der Waals surface area contributed by atoms with Crippen LogP contribution in [-0.4, -0.2) is 4.98 Å². The molecule has 0 fully saturated rings. The van der Waals surface area contributed by atoms with E-state index in [9.17, 15) is 4.39 Å². The van der Waals surface area contributed by atoms with Gasteiger partial charge in [0.15, 0.2) is 0 Å². The Hall–Kier alpha value is -1.77. The van der Waals surface area contributed by atoms with E-state index in [0.29, 0.717) is 16.9 Å². The summed E-state index contributed by atoms with van der Waals surface area (Å²) in [5.74, 6) is 0.235. The number of halogens is 1. The molecule has 1 aromatic heterocycles. The average Bonchev–Trinajstić information content (AvgIpc) is 2.52. The van der Waals surface area contributed by atoms with E-state index in [0.717, 1.165) is 0 Å². The fourth-order valence-electron chi connectivity index (χ4n) is 1.30. The number of nitrogens with one attached hydrogen (secondary N) is 1. The number of aromatic nitrogens is 1. The van der Waals surface area contributed by atoms with Gasteiger partial charge >= 0.3 is 0 Å². The molecule has 0 radical (unpaired) electrons. The van der Waals surface area contributed by atoms with Crippen LogP contribution in [0.1, 0.15) is 0 Å². The average molecular weight is 176 g/mol. The molecule has 0 saturated heterocycles. The second-order valence-corrected chi connectivity index (χ2v) is 2.78. The standard InChI is InChI=1S/C10H9FN2/c11-9-4-2-1-3-7(9)8-5-6-13-10(8)12/h1-6,13H,12H2. The molecule has 0 amide bonds. The molecule has 1 heterocycles. The van der Waals surface area contributed by atoms with Gasteiger partial charge in [-0.2, -0.15) is 0 Å². The second kappa shape index (κ2) is 2.94. The van der Waals surface area contributed by atoms with E-state index in [4.69, 9.17) is 5.73 Å². The van der Waals surface area contributed by atoms with E-state index >= 15 is 0 Å². The van der Waals surface area contributed by atoms with Crippen molar-refractivity contribution in [2.45, 2.75) is 0 Å². The summed E-state index contributed by atoms with van der Waals surface area (Å²) in [7, 11) is 0. The van der Waals surface area contributed by atoms with Crippen molar-refractivity contribution in [1.29, 1.82) is 0 Å². The highest BCUT2D eigenvalue weighted by molar-refractivity contribution is 5.74. The molecule has 2 rings (SSSR count). The lowest BCUT2D eigenvalue weighted by atomic mass is 10.1. The molecule has 0 unspecified atom stereocenters. The molecule has 0 atom stereocenters. The number of nitrogen functional groups attached to an aromatic ring is 1. The number of benzene rings is 1. The molecule has 0 bridgehead atoms. The van der Waals surface area contributed by atoms with Gasteiger partial charge in [-0.3, -0.25) is 0 Å². The first-order valence-electron chi connectivity index (χ1n) is 3.97. The molecule has 3 N–H and O–H groups in total. The molecule has 0 aliphatic heterocycles. The summed E-state index contributed by atoms with van der Waals surface area (Å²) >= 11 is 0. The van der Waals surface area contributed by atoms with Crippen molar-refractivity contribution in [1.82, 2.24) is 4.98 Å². The number of hydrogen-bond acceptors (Lipinski definition) is 1. The monoisotopic (exact) mass is 176 g/mol. The third kappa shape index (κ3) is 1.28. The molecule has 13 heavy (non-hydrogen) atoms. The van der Waals surface area contributed by atoms with Crippen LogP contribution in [0, 0.1) is 5.82 Å². The molecule has 2 nitrogen and oxygen atoms in total. The Morgan fingerprint density at radius 1 is 1.08 bits per heavy atom. The van der Waals surface area contributed by atoms with Gasteiger partial charge < -0.3 is 10.7 Å². The quantitative estimate of drug-likeness (QED) is 0.688. The molecule has 1 aromatic carbocycles. The van der Waals surface area contributed by atoms with Crippen LogP contribution in [0.15, 0.2) is 36.5 Å². The van der Waals surface area contributed by atoms with Gasteiger partial charge in [0.25, 0.3) is 0 Å². The van der Waals surface area contributed by atoms with Gasteiger partial charge in [-0.1, -0.05) is 18.2 Å². The lowest BCUT2D eigenvalue weighted by molar-refractivity contribution is 0.631. The zero-order valence-corrected chi connectivity index (χ0v) is 6.92. The molecule has 0 saturated carbocycles. The maximum atomic E-state index is 13.3. The predicted octanol–water partition coefficient (Wildman–Crippen LogP) is 2.40. The summed E-state index contributed by atoms with van der Waals surface area (Å²) in [6.07, 6.45) is 1.69. The van der Waals surface area contributed by atoms with Gasteiger partial charge in [0.05, 0.1) is 0 Å². The number of hydrogen-bond donors (Lipinski definition) is 2. The van der Waals surface area contributed by atoms with Gasteiger partial charge in [0, 0.05) is 17.3 Å². The number of H-pyrrole nitrogens is 1. The van der Waals surface area contributed by atoms with Crippen molar-refractivity contribution in [3.63, 3.8) is 0 Å². The topological polar surface area (TPSA) is 41.8 Å². The van der Waals surface area contributed by atoms with Crippen LogP contribution in [0.3, 0.4) is 0 Å². The van der Waals surface area contributed by atoms with E-state index < -0.39 is 0 Å². The number of rotatable bonds is 1. The fourth-order valence-corrected chi connectivity index (χ4v) is 1.30. The normalized spacial score (nSPS) is 10.2. The van der Waals surface area contributed by atoms with Crippen molar-refractivity contribution < 1.29 is 4.39 Å². The van der Waals surface area contributed by atoms with E-state index in [2.05, 4.69) is 4.98 Å². The number of aromatic amines is 1. The summed E-state index contributed by atoms with van der Waals surface area (Å²) in [5, 5.41) is 0. The molecular formula is C10H9FN2. The van der Waals surface area contributed by atoms with Crippen molar-refractivity contribution in [3.8, 4) is 11.1 Å². The molecular weight excluding hydrogens is 167 g/mol. The van der Waals surface area contributed by atoms with Crippen LogP contribution < -0.4 is 5.73 Å². The van der Waals surface area contributed by atoms with E-state index in [1.165, 1.54) is 6.07 Å². The highest BCUT2D eigenvalue weighted by Crippen LogP contribution is 2.26. The van der Waals surface area contributed by atoms with E-state index in [1.807, 2.05) is 0 Å². The smallest absolute Gasteiger partial charge is 0.131 e. The second-order valence-electron chi connectivity index (χ2n) is 2.78. The Bertz CT molecular complexity index is 420. The Morgan fingerprint density at radius 3 is 2.46 bits per heavy atom. The van der Waals surface area contributed by atoms with Crippen LogP contribution in [-0.2, 0) is 0 Å². The minimum Gasteiger partial charge on any atom is -0.385 e. The van der Waals surface area contributed by atoms with Crippen LogP contribution in [0.25, 0.3) is 11.1 Å². The number of nitrogens with two attached hydrogens (primary N) is 1. The summed E-state index contributed by atoms with van der Waals surface area (Å²) in [4.78, 5) is 2.81. The Balaban J connectivity index is 2.59. The van der Waals surface area contributed by atoms with Gasteiger partial charge in [-0.05, 0) is 12.1 Å². The lowest BCUT2D eigenvalue weighted by Gasteiger charge is -2.00. The largest absolute Gasteiger partial charge is 0.385 e. The molecule has 0 aliphatic rings. The van der Waals surface area contributed by atoms with Crippen molar-refractivity contribution in [2.75, 3.05) is 5.73 Å². The molecule has 2 aromatic rings. The zero-order valence-electron chi connectivity index (χ0n) is 6.92. The highest BCUT2D eigenvalue weighted by atomic mass is 19.1. The third-order valence-electron chi connectivity index (χ3n) is 1.94. The van der Waals surface area contributed by atoms with Crippen molar-refractivity contribution >= 4 is 5.82 Å². The molecule has 3 heteroatoms.